The number of rotatable bonds is 6. The molecule has 1 saturated heterocycles. The SMILES string of the molecule is COC1CCC(C(=O)N2CCC(Cn3cc(CCO)nn3)CC2)CC1. The van der Waals surface area contributed by atoms with Gasteiger partial charge in [0, 0.05) is 51.9 Å². The molecule has 2 fully saturated rings. The summed E-state index contributed by atoms with van der Waals surface area (Å²) in [5, 5.41) is 17.1. The van der Waals surface area contributed by atoms with Gasteiger partial charge in [-0.25, -0.2) is 0 Å². The number of likely N-dealkylation sites (tertiary alicyclic amines) is 1. The zero-order chi connectivity index (χ0) is 17.6. The van der Waals surface area contributed by atoms with Crippen molar-refractivity contribution in [3.63, 3.8) is 0 Å². The van der Waals surface area contributed by atoms with E-state index in [4.69, 9.17) is 9.84 Å². The molecule has 1 aromatic heterocycles. The second-order valence-corrected chi connectivity index (χ2v) is 7.38. The number of hydrogen-bond acceptors (Lipinski definition) is 5. The summed E-state index contributed by atoms with van der Waals surface area (Å²) in [5.74, 6) is 1.08. The average Bonchev–Trinajstić information content (AvgIpc) is 3.09. The van der Waals surface area contributed by atoms with E-state index in [-0.39, 0.29) is 12.5 Å². The van der Waals surface area contributed by atoms with Gasteiger partial charge >= 0.3 is 0 Å². The minimum atomic E-state index is 0.103. The summed E-state index contributed by atoms with van der Waals surface area (Å²) in [6.45, 7) is 2.66. The zero-order valence-corrected chi connectivity index (χ0v) is 15.1. The standard InChI is InChI=1S/C18H30N4O3/c1-25-17-4-2-15(3-5-17)18(24)21-9-6-14(7-10-21)12-22-13-16(8-11-23)19-20-22/h13-15,17,23H,2-12H2,1H3. The predicted octanol–water partition coefficient (Wildman–Crippen LogP) is 1.26. The molecule has 7 heteroatoms. The molecule has 1 amide bonds. The van der Waals surface area contributed by atoms with Gasteiger partial charge in [0.25, 0.3) is 0 Å². The topological polar surface area (TPSA) is 80.5 Å². The molecule has 25 heavy (non-hydrogen) atoms. The fourth-order valence-electron chi connectivity index (χ4n) is 4.06. The second kappa shape index (κ2) is 8.76. The Hall–Kier alpha value is -1.47. The number of methoxy groups -OCH3 is 1. The van der Waals surface area contributed by atoms with E-state index in [0.717, 1.165) is 63.9 Å². The molecular formula is C18H30N4O3. The molecule has 1 aromatic rings. The molecule has 0 aromatic carbocycles. The van der Waals surface area contributed by atoms with E-state index < -0.39 is 0 Å². The largest absolute Gasteiger partial charge is 0.396 e. The maximum atomic E-state index is 12.7. The highest BCUT2D eigenvalue weighted by molar-refractivity contribution is 5.79. The third kappa shape index (κ3) is 4.79. The van der Waals surface area contributed by atoms with Gasteiger partial charge in [-0.05, 0) is 44.4 Å². The first-order valence-electron chi connectivity index (χ1n) is 9.51. The monoisotopic (exact) mass is 350 g/mol. The van der Waals surface area contributed by atoms with Crippen LogP contribution in [0.1, 0.15) is 44.2 Å². The molecule has 1 saturated carbocycles. The van der Waals surface area contributed by atoms with Crippen LogP contribution in [0.25, 0.3) is 0 Å². The van der Waals surface area contributed by atoms with Gasteiger partial charge in [-0.3, -0.25) is 9.48 Å². The molecule has 0 bridgehead atoms. The van der Waals surface area contributed by atoms with E-state index in [1.54, 1.807) is 7.11 Å². The third-order valence-corrected chi connectivity index (χ3v) is 5.68. The van der Waals surface area contributed by atoms with Crippen LogP contribution in [0.5, 0.6) is 0 Å². The summed E-state index contributed by atoms with van der Waals surface area (Å²) >= 11 is 0. The molecule has 7 nitrogen and oxygen atoms in total. The number of aromatic nitrogens is 3. The number of ether oxygens (including phenoxy) is 1. The van der Waals surface area contributed by atoms with Crippen molar-refractivity contribution in [1.29, 1.82) is 0 Å². The highest BCUT2D eigenvalue weighted by Crippen LogP contribution is 2.29. The Balaban J connectivity index is 1.42. The Labute approximate surface area is 149 Å². The Morgan fingerprint density at radius 1 is 1.24 bits per heavy atom. The van der Waals surface area contributed by atoms with Crippen LogP contribution in [0.4, 0.5) is 0 Å². The van der Waals surface area contributed by atoms with Gasteiger partial charge in [-0.15, -0.1) is 5.10 Å². The van der Waals surface area contributed by atoms with E-state index in [9.17, 15) is 4.79 Å². The number of amides is 1. The van der Waals surface area contributed by atoms with E-state index in [0.29, 0.717) is 24.3 Å². The zero-order valence-electron chi connectivity index (χ0n) is 15.1. The predicted molar refractivity (Wildman–Crippen MR) is 92.9 cm³/mol. The summed E-state index contributed by atoms with van der Waals surface area (Å²) in [6, 6.07) is 0. The Bertz CT molecular complexity index is 546. The first kappa shape index (κ1) is 18.3. The van der Waals surface area contributed by atoms with Crippen molar-refractivity contribution < 1.29 is 14.6 Å². The number of aliphatic hydroxyl groups is 1. The van der Waals surface area contributed by atoms with Gasteiger partial charge in [-0.1, -0.05) is 5.21 Å². The van der Waals surface area contributed by atoms with Crippen LogP contribution in [0.3, 0.4) is 0 Å². The fraction of sp³-hybridized carbons (Fsp3) is 0.833. The molecule has 140 valence electrons. The lowest BCUT2D eigenvalue weighted by molar-refractivity contribution is -0.138. The number of hydrogen-bond donors (Lipinski definition) is 1. The van der Waals surface area contributed by atoms with Gasteiger partial charge < -0.3 is 14.7 Å². The molecule has 2 aliphatic rings. The second-order valence-electron chi connectivity index (χ2n) is 7.38. The summed E-state index contributed by atoms with van der Waals surface area (Å²) in [4.78, 5) is 14.8. The Morgan fingerprint density at radius 3 is 2.60 bits per heavy atom. The lowest BCUT2D eigenvalue weighted by Crippen LogP contribution is -2.43. The number of carbonyl (C=O) groups excluding carboxylic acids is 1. The van der Waals surface area contributed by atoms with Crippen LogP contribution in [-0.4, -0.2) is 63.8 Å². The minimum absolute atomic E-state index is 0.103. The fourth-order valence-corrected chi connectivity index (χ4v) is 4.06. The first-order chi connectivity index (χ1) is 12.2. The van der Waals surface area contributed by atoms with E-state index in [1.807, 2.05) is 10.9 Å². The Morgan fingerprint density at radius 2 is 1.96 bits per heavy atom. The van der Waals surface area contributed by atoms with Crippen molar-refractivity contribution in [2.45, 2.75) is 57.6 Å². The molecule has 1 aliphatic heterocycles. The van der Waals surface area contributed by atoms with Crippen molar-refractivity contribution in [3.8, 4) is 0 Å². The van der Waals surface area contributed by atoms with Gasteiger partial charge in [0.15, 0.2) is 0 Å². The quantitative estimate of drug-likeness (QED) is 0.835. The van der Waals surface area contributed by atoms with Crippen molar-refractivity contribution in [3.05, 3.63) is 11.9 Å². The average molecular weight is 350 g/mol. The van der Waals surface area contributed by atoms with Gasteiger partial charge in [0.05, 0.1) is 11.8 Å². The first-order valence-corrected chi connectivity index (χ1v) is 9.51. The molecule has 1 aliphatic carbocycles. The molecule has 2 heterocycles. The van der Waals surface area contributed by atoms with Crippen molar-refractivity contribution in [2.24, 2.45) is 11.8 Å². The highest BCUT2D eigenvalue weighted by atomic mass is 16.5. The maximum absolute atomic E-state index is 12.7. The lowest BCUT2D eigenvalue weighted by Gasteiger charge is -2.36. The molecule has 0 spiro atoms. The number of piperidine rings is 1. The summed E-state index contributed by atoms with van der Waals surface area (Å²) < 4.78 is 7.27. The molecule has 0 atom stereocenters. The van der Waals surface area contributed by atoms with Gasteiger partial charge in [0.1, 0.15) is 0 Å². The van der Waals surface area contributed by atoms with Crippen molar-refractivity contribution in [2.75, 3.05) is 26.8 Å². The summed E-state index contributed by atoms with van der Waals surface area (Å²) in [5.41, 5.74) is 0.835. The van der Waals surface area contributed by atoms with E-state index in [2.05, 4.69) is 15.2 Å². The molecule has 3 rings (SSSR count). The number of carbonyl (C=O) groups is 1. The number of nitrogens with zero attached hydrogens (tertiary/aromatic N) is 4. The maximum Gasteiger partial charge on any atom is 0.225 e. The normalized spacial score (nSPS) is 25.3. The van der Waals surface area contributed by atoms with E-state index >= 15 is 0 Å². The minimum Gasteiger partial charge on any atom is -0.396 e. The summed E-state index contributed by atoms with van der Waals surface area (Å²) in [6.07, 6.45) is 8.79. The van der Waals surface area contributed by atoms with E-state index in [1.165, 1.54) is 0 Å². The molecular weight excluding hydrogens is 320 g/mol. The summed E-state index contributed by atoms with van der Waals surface area (Å²) in [7, 11) is 1.76. The van der Waals surface area contributed by atoms with Gasteiger partial charge in [0.2, 0.25) is 5.91 Å². The third-order valence-electron chi connectivity index (χ3n) is 5.68. The highest BCUT2D eigenvalue weighted by Gasteiger charge is 2.31. The van der Waals surface area contributed by atoms with Crippen LogP contribution in [0, 0.1) is 11.8 Å². The van der Waals surface area contributed by atoms with Crippen LogP contribution >= 0.6 is 0 Å². The number of aliphatic hydroxyl groups excluding tert-OH is 1. The smallest absolute Gasteiger partial charge is 0.225 e. The van der Waals surface area contributed by atoms with Gasteiger partial charge in [-0.2, -0.15) is 0 Å². The lowest BCUT2D eigenvalue weighted by atomic mass is 9.85. The van der Waals surface area contributed by atoms with Crippen molar-refractivity contribution >= 4 is 5.91 Å². The Kier molecular flexibility index (Phi) is 6.42. The van der Waals surface area contributed by atoms with Crippen LogP contribution in [0.2, 0.25) is 0 Å². The van der Waals surface area contributed by atoms with Crippen LogP contribution in [0.15, 0.2) is 6.20 Å². The molecule has 0 unspecified atom stereocenters. The van der Waals surface area contributed by atoms with Crippen LogP contribution < -0.4 is 0 Å². The van der Waals surface area contributed by atoms with Crippen LogP contribution in [-0.2, 0) is 22.5 Å². The van der Waals surface area contributed by atoms with Crippen molar-refractivity contribution in [1.82, 2.24) is 19.9 Å². The molecule has 1 N–H and O–H groups in total. The molecule has 0 radical (unpaired) electrons.